The summed E-state index contributed by atoms with van der Waals surface area (Å²) in [6, 6.07) is 14.3. The maximum atomic E-state index is 12.6. The van der Waals surface area contributed by atoms with Crippen LogP contribution in [-0.4, -0.2) is 25.0 Å². The molecule has 2 aromatic rings. The van der Waals surface area contributed by atoms with Crippen LogP contribution in [0.25, 0.3) is 0 Å². The van der Waals surface area contributed by atoms with Crippen LogP contribution in [-0.2, 0) is 16.0 Å². The highest BCUT2D eigenvalue weighted by Crippen LogP contribution is 2.26. The molecule has 0 radical (unpaired) electrons. The van der Waals surface area contributed by atoms with Crippen molar-refractivity contribution < 1.29 is 14.3 Å². The summed E-state index contributed by atoms with van der Waals surface area (Å²) >= 11 is 0. The number of amides is 2. The molecule has 1 atom stereocenters. The highest BCUT2D eigenvalue weighted by atomic mass is 16.5. The summed E-state index contributed by atoms with van der Waals surface area (Å²) in [6.07, 6.45) is 1.06. The molecule has 1 unspecified atom stereocenters. The Morgan fingerprint density at radius 3 is 2.58 bits per heavy atom. The summed E-state index contributed by atoms with van der Waals surface area (Å²) in [7, 11) is 1.59. The molecule has 1 N–H and O–H groups in total. The zero-order chi connectivity index (χ0) is 17.1. The molecule has 1 saturated heterocycles. The Bertz CT molecular complexity index is 755. The van der Waals surface area contributed by atoms with Crippen LogP contribution < -0.4 is 15.0 Å². The Morgan fingerprint density at radius 1 is 1.17 bits per heavy atom. The Labute approximate surface area is 141 Å². The van der Waals surface area contributed by atoms with Crippen LogP contribution in [0, 0.1) is 0 Å². The number of nitrogens with one attached hydrogen (secondary N) is 1. The maximum absolute atomic E-state index is 12.6. The van der Waals surface area contributed by atoms with E-state index in [9.17, 15) is 9.59 Å². The second-order valence-electron chi connectivity index (χ2n) is 5.72. The smallest absolute Gasteiger partial charge is 0.256 e. The molecule has 2 aromatic carbocycles. The first-order valence-corrected chi connectivity index (χ1v) is 7.98. The van der Waals surface area contributed by atoms with Crippen molar-refractivity contribution >= 4 is 23.2 Å². The zero-order valence-corrected chi connectivity index (χ0v) is 13.8. The number of carbonyl (C=O) groups is 2. The van der Waals surface area contributed by atoms with Crippen LogP contribution in [0.3, 0.4) is 0 Å². The average Bonchev–Trinajstić information content (AvgIpc) is 2.89. The SMILES string of the molecule is CCc1ccc(N2C(=O)CC(Nc3cccc(OC)c3)C2=O)cc1. The molecule has 5 nitrogen and oxygen atoms in total. The van der Waals surface area contributed by atoms with E-state index in [2.05, 4.69) is 12.2 Å². The maximum Gasteiger partial charge on any atom is 0.256 e. The van der Waals surface area contributed by atoms with Gasteiger partial charge in [-0.1, -0.05) is 25.1 Å². The number of benzene rings is 2. The van der Waals surface area contributed by atoms with Crippen molar-refractivity contribution in [1.82, 2.24) is 0 Å². The first-order chi connectivity index (χ1) is 11.6. The minimum Gasteiger partial charge on any atom is -0.497 e. The summed E-state index contributed by atoms with van der Waals surface area (Å²) in [5, 5.41) is 3.13. The van der Waals surface area contributed by atoms with Gasteiger partial charge in [-0.3, -0.25) is 9.59 Å². The van der Waals surface area contributed by atoms with E-state index in [4.69, 9.17) is 4.74 Å². The number of rotatable bonds is 5. The van der Waals surface area contributed by atoms with Gasteiger partial charge >= 0.3 is 0 Å². The van der Waals surface area contributed by atoms with Gasteiger partial charge in [0, 0.05) is 11.8 Å². The van der Waals surface area contributed by atoms with Gasteiger partial charge in [-0.05, 0) is 36.2 Å². The van der Waals surface area contributed by atoms with Gasteiger partial charge in [-0.15, -0.1) is 0 Å². The van der Waals surface area contributed by atoms with Crippen LogP contribution in [0.4, 0.5) is 11.4 Å². The lowest BCUT2D eigenvalue weighted by molar-refractivity contribution is -0.121. The lowest BCUT2D eigenvalue weighted by atomic mass is 10.1. The largest absolute Gasteiger partial charge is 0.497 e. The molecular weight excluding hydrogens is 304 g/mol. The molecule has 1 fully saturated rings. The normalized spacial score (nSPS) is 17.2. The number of imide groups is 1. The minimum absolute atomic E-state index is 0.144. The average molecular weight is 324 g/mol. The Hall–Kier alpha value is -2.82. The van der Waals surface area contributed by atoms with Crippen molar-refractivity contribution in [3.05, 3.63) is 54.1 Å². The third-order valence-electron chi connectivity index (χ3n) is 4.16. The van der Waals surface area contributed by atoms with E-state index in [-0.39, 0.29) is 18.2 Å². The fourth-order valence-electron chi connectivity index (χ4n) is 2.81. The number of hydrogen-bond acceptors (Lipinski definition) is 4. The molecular formula is C19H20N2O3. The summed E-state index contributed by atoms with van der Waals surface area (Å²) in [6.45, 7) is 2.06. The molecule has 0 aromatic heterocycles. The van der Waals surface area contributed by atoms with Crippen LogP contribution in [0.15, 0.2) is 48.5 Å². The van der Waals surface area contributed by atoms with Crippen molar-refractivity contribution in [3.63, 3.8) is 0 Å². The summed E-state index contributed by atoms with van der Waals surface area (Å²) in [5.74, 6) is 0.278. The first-order valence-electron chi connectivity index (χ1n) is 7.98. The van der Waals surface area contributed by atoms with E-state index in [1.165, 1.54) is 10.5 Å². The molecule has 0 aliphatic carbocycles. The zero-order valence-electron chi connectivity index (χ0n) is 13.8. The van der Waals surface area contributed by atoms with Crippen LogP contribution >= 0.6 is 0 Å². The summed E-state index contributed by atoms with van der Waals surface area (Å²) in [4.78, 5) is 26.2. The fraction of sp³-hybridized carbons (Fsp3) is 0.263. The lowest BCUT2D eigenvalue weighted by Gasteiger charge is -2.16. The van der Waals surface area contributed by atoms with E-state index < -0.39 is 6.04 Å². The van der Waals surface area contributed by atoms with E-state index >= 15 is 0 Å². The van der Waals surface area contributed by atoms with Crippen LogP contribution in [0.1, 0.15) is 18.9 Å². The van der Waals surface area contributed by atoms with Gasteiger partial charge in [0.1, 0.15) is 11.8 Å². The van der Waals surface area contributed by atoms with Gasteiger partial charge in [0.25, 0.3) is 5.91 Å². The van der Waals surface area contributed by atoms with Crippen LogP contribution in [0.2, 0.25) is 0 Å². The molecule has 0 bridgehead atoms. The van der Waals surface area contributed by atoms with E-state index in [1.54, 1.807) is 13.2 Å². The monoisotopic (exact) mass is 324 g/mol. The number of anilines is 2. The van der Waals surface area contributed by atoms with Crippen molar-refractivity contribution in [2.75, 3.05) is 17.3 Å². The molecule has 0 spiro atoms. The number of nitrogens with zero attached hydrogens (tertiary/aromatic N) is 1. The van der Waals surface area contributed by atoms with Crippen LogP contribution in [0.5, 0.6) is 5.75 Å². The number of aryl methyl sites for hydroxylation is 1. The lowest BCUT2D eigenvalue weighted by Crippen LogP contribution is -2.34. The number of hydrogen-bond donors (Lipinski definition) is 1. The van der Waals surface area contributed by atoms with E-state index in [0.29, 0.717) is 11.4 Å². The quantitative estimate of drug-likeness (QED) is 0.859. The molecule has 2 amide bonds. The Morgan fingerprint density at radius 2 is 1.92 bits per heavy atom. The summed E-state index contributed by atoms with van der Waals surface area (Å²) in [5.41, 5.74) is 2.55. The van der Waals surface area contributed by atoms with E-state index in [0.717, 1.165) is 12.1 Å². The van der Waals surface area contributed by atoms with Crippen molar-refractivity contribution in [3.8, 4) is 5.75 Å². The summed E-state index contributed by atoms with van der Waals surface area (Å²) < 4.78 is 5.18. The third kappa shape index (κ3) is 3.11. The molecule has 1 aliphatic heterocycles. The molecule has 24 heavy (non-hydrogen) atoms. The minimum atomic E-state index is -0.560. The highest BCUT2D eigenvalue weighted by molar-refractivity contribution is 6.23. The third-order valence-corrected chi connectivity index (χ3v) is 4.16. The predicted molar refractivity (Wildman–Crippen MR) is 93.3 cm³/mol. The van der Waals surface area contributed by atoms with Gasteiger partial charge in [-0.2, -0.15) is 0 Å². The molecule has 1 aliphatic rings. The molecule has 3 rings (SSSR count). The van der Waals surface area contributed by atoms with Gasteiger partial charge in [0.05, 0.1) is 19.2 Å². The van der Waals surface area contributed by atoms with Gasteiger partial charge in [0.15, 0.2) is 0 Å². The molecule has 0 saturated carbocycles. The number of carbonyl (C=O) groups excluding carboxylic acids is 2. The Balaban J connectivity index is 1.77. The van der Waals surface area contributed by atoms with Crippen molar-refractivity contribution in [2.45, 2.75) is 25.8 Å². The van der Waals surface area contributed by atoms with Gasteiger partial charge in [0.2, 0.25) is 5.91 Å². The number of methoxy groups -OCH3 is 1. The molecule has 124 valence electrons. The molecule has 1 heterocycles. The fourth-order valence-corrected chi connectivity index (χ4v) is 2.81. The second-order valence-corrected chi connectivity index (χ2v) is 5.72. The molecule has 5 heteroatoms. The van der Waals surface area contributed by atoms with Crippen molar-refractivity contribution in [2.24, 2.45) is 0 Å². The standard InChI is InChI=1S/C19H20N2O3/c1-3-13-7-9-15(10-8-13)21-18(22)12-17(19(21)23)20-14-5-4-6-16(11-14)24-2/h4-11,17,20H,3,12H2,1-2H3. The Kier molecular flexibility index (Phi) is 4.51. The van der Waals surface area contributed by atoms with Gasteiger partial charge < -0.3 is 10.1 Å². The van der Waals surface area contributed by atoms with Crippen molar-refractivity contribution in [1.29, 1.82) is 0 Å². The van der Waals surface area contributed by atoms with Gasteiger partial charge in [-0.25, -0.2) is 4.90 Å². The van der Waals surface area contributed by atoms with E-state index in [1.807, 2.05) is 42.5 Å². The predicted octanol–water partition coefficient (Wildman–Crippen LogP) is 3.00. The first kappa shape index (κ1) is 16.1. The topological polar surface area (TPSA) is 58.6 Å². The highest BCUT2D eigenvalue weighted by Gasteiger charge is 2.39. The second kappa shape index (κ2) is 6.74. The number of ether oxygens (including phenoxy) is 1.